The van der Waals surface area contributed by atoms with Gasteiger partial charge in [-0.25, -0.2) is 0 Å². The van der Waals surface area contributed by atoms with E-state index in [1.807, 2.05) is 0 Å². The highest BCUT2D eigenvalue weighted by atomic mass is 32.2. The third-order valence-electron chi connectivity index (χ3n) is 3.45. The molecule has 0 spiro atoms. The molecule has 0 aliphatic carbocycles. The molecule has 1 saturated heterocycles. The zero-order chi connectivity index (χ0) is 17.1. The van der Waals surface area contributed by atoms with E-state index in [2.05, 4.69) is 0 Å². The number of nitrogens with zero attached hydrogens (tertiary/aromatic N) is 1. The van der Waals surface area contributed by atoms with Crippen LogP contribution in [0.2, 0.25) is 0 Å². The second-order valence-corrected chi connectivity index (χ2v) is 6.99. The fourth-order valence-electron chi connectivity index (χ4n) is 2.30. The first kappa shape index (κ1) is 17.5. The number of rotatable bonds is 5. The van der Waals surface area contributed by atoms with Crippen molar-refractivity contribution in [2.45, 2.75) is 26.7 Å². The summed E-state index contributed by atoms with van der Waals surface area (Å²) in [5.41, 5.74) is 2.29. The van der Waals surface area contributed by atoms with E-state index in [9.17, 15) is 19.8 Å². The molecule has 122 valence electrons. The number of thiocarbonyl (C=S) groups is 1. The quantitative estimate of drug-likeness (QED) is 0.644. The van der Waals surface area contributed by atoms with Crippen LogP contribution in [0.1, 0.15) is 29.5 Å². The van der Waals surface area contributed by atoms with Gasteiger partial charge in [0.15, 0.2) is 0 Å². The normalized spacial score (nSPS) is 16.4. The molecule has 7 heteroatoms. The maximum Gasteiger partial charge on any atom is 0.266 e. The summed E-state index contributed by atoms with van der Waals surface area (Å²) in [6.45, 7) is 3.86. The van der Waals surface area contributed by atoms with Crippen molar-refractivity contribution >= 4 is 46.3 Å². The fraction of sp³-hybridized carbons (Fsp3) is 0.312. The van der Waals surface area contributed by atoms with Crippen molar-refractivity contribution in [3.63, 3.8) is 0 Å². The molecule has 0 radical (unpaired) electrons. The maximum absolute atomic E-state index is 12.4. The summed E-state index contributed by atoms with van der Waals surface area (Å²) in [5.74, 6) is -1.11. The monoisotopic (exact) mass is 350 g/mol. The number of benzene rings is 1. The van der Waals surface area contributed by atoms with E-state index in [1.165, 1.54) is 16.7 Å². The van der Waals surface area contributed by atoms with Crippen LogP contribution in [0.5, 0.6) is 5.75 Å². The van der Waals surface area contributed by atoms with Crippen molar-refractivity contribution in [2.24, 2.45) is 0 Å². The van der Waals surface area contributed by atoms with Crippen LogP contribution < -0.4 is 5.11 Å². The first-order chi connectivity index (χ1) is 10.8. The first-order valence-corrected chi connectivity index (χ1v) is 8.27. The van der Waals surface area contributed by atoms with Crippen LogP contribution in [0.3, 0.4) is 0 Å². The summed E-state index contributed by atoms with van der Waals surface area (Å²) in [5, 5.41) is 20.2. The topological polar surface area (TPSA) is 80.7 Å². The number of aryl methyl sites for hydroxylation is 2. The highest BCUT2D eigenvalue weighted by Crippen LogP contribution is 2.33. The summed E-state index contributed by atoms with van der Waals surface area (Å²) in [6, 6.07) is 3.59. The Hall–Kier alpha value is -1.86. The Morgan fingerprint density at radius 2 is 2.00 bits per heavy atom. The SMILES string of the molecule is Cc1cc(/C=C2\SC(=S)N(CCCC(=O)[O-])C2=O)cc(C)c1O. The van der Waals surface area contributed by atoms with E-state index < -0.39 is 5.97 Å². The number of carbonyl (C=O) groups is 2. The van der Waals surface area contributed by atoms with Gasteiger partial charge < -0.3 is 15.0 Å². The molecule has 0 atom stereocenters. The van der Waals surface area contributed by atoms with E-state index in [1.54, 1.807) is 32.1 Å². The lowest BCUT2D eigenvalue weighted by Crippen LogP contribution is -2.30. The van der Waals surface area contributed by atoms with Crippen molar-refractivity contribution < 1.29 is 19.8 Å². The molecule has 0 saturated carbocycles. The minimum absolute atomic E-state index is 0.105. The summed E-state index contributed by atoms with van der Waals surface area (Å²) >= 11 is 6.38. The molecule has 23 heavy (non-hydrogen) atoms. The number of aliphatic carboxylic acids is 1. The number of thioether (sulfide) groups is 1. The van der Waals surface area contributed by atoms with E-state index in [4.69, 9.17) is 12.2 Å². The van der Waals surface area contributed by atoms with Crippen molar-refractivity contribution in [1.29, 1.82) is 0 Å². The Bertz CT molecular complexity index is 689. The number of hydrogen-bond donors (Lipinski definition) is 1. The van der Waals surface area contributed by atoms with Crippen molar-refractivity contribution in [3.8, 4) is 5.75 Å². The predicted octanol–water partition coefficient (Wildman–Crippen LogP) is 1.74. The molecule has 0 aromatic heterocycles. The molecule has 1 aromatic carbocycles. The third kappa shape index (κ3) is 4.11. The van der Waals surface area contributed by atoms with Gasteiger partial charge in [0.25, 0.3) is 5.91 Å². The summed E-state index contributed by atoms with van der Waals surface area (Å²) in [4.78, 5) is 24.7. The van der Waals surface area contributed by atoms with Crippen molar-refractivity contribution in [1.82, 2.24) is 4.90 Å². The van der Waals surface area contributed by atoms with E-state index >= 15 is 0 Å². The number of carboxylic acid groups (broad SMARTS) is 1. The second kappa shape index (κ2) is 7.14. The van der Waals surface area contributed by atoms with Crippen LogP contribution in [0.4, 0.5) is 0 Å². The molecule has 2 rings (SSSR count). The zero-order valence-corrected chi connectivity index (χ0v) is 14.4. The largest absolute Gasteiger partial charge is 0.550 e. The Labute approximate surface area is 144 Å². The molecule has 1 aliphatic rings. The van der Waals surface area contributed by atoms with Gasteiger partial charge in [0, 0.05) is 12.5 Å². The Morgan fingerprint density at radius 1 is 1.39 bits per heavy atom. The zero-order valence-electron chi connectivity index (χ0n) is 12.8. The van der Waals surface area contributed by atoms with E-state index in [0.29, 0.717) is 15.6 Å². The van der Waals surface area contributed by atoms with Gasteiger partial charge in [0.2, 0.25) is 0 Å². The van der Waals surface area contributed by atoms with Crippen LogP contribution in [-0.2, 0) is 9.59 Å². The number of phenols is 1. The molecule has 1 N–H and O–H groups in total. The third-order valence-corrected chi connectivity index (χ3v) is 4.83. The molecule has 5 nitrogen and oxygen atoms in total. The molecule has 1 amide bonds. The van der Waals surface area contributed by atoms with E-state index in [0.717, 1.165) is 16.7 Å². The van der Waals surface area contributed by atoms with Gasteiger partial charge in [-0.3, -0.25) is 9.69 Å². The molecule has 1 aromatic rings. The Kier molecular flexibility index (Phi) is 5.43. The van der Waals surface area contributed by atoms with Crippen LogP contribution in [0, 0.1) is 13.8 Å². The van der Waals surface area contributed by atoms with Gasteiger partial charge >= 0.3 is 0 Å². The van der Waals surface area contributed by atoms with Gasteiger partial charge in [0.1, 0.15) is 10.1 Å². The van der Waals surface area contributed by atoms with Gasteiger partial charge in [-0.05, 0) is 61.6 Å². The van der Waals surface area contributed by atoms with Gasteiger partial charge in [-0.2, -0.15) is 0 Å². The van der Waals surface area contributed by atoms with Crippen LogP contribution in [0.15, 0.2) is 17.0 Å². The number of aromatic hydroxyl groups is 1. The lowest BCUT2D eigenvalue weighted by Gasteiger charge is -2.14. The molecule has 0 bridgehead atoms. The second-order valence-electron chi connectivity index (χ2n) is 5.31. The highest BCUT2D eigenvalue weighted by Gasteiger charge is 2.31. The smallest absolute Gasteiger partial charge is 0.266 e. The lowest BCUT2D eigenvalue weighted by atomic mass is 10.1. The molecule has 1 heterocycles. The average Bonchev–Trinajstić information content (AvgIpc) is 2.71. The highest BCUT2D eigenvalue weighted by molar-refractivity contribution is 8.26. The molecular weight excluding hydrogens is 334 g/mol. The molecule has 0 unspecified atom stereocenters. The van der Waals surface area contributed by atoms with Crippen LogP contribution in [-0.4, -0.2) is 32.7 Å². The minimum atomic E-state index is -1.14. The fourth-order valence-corrected chi connectivity index (χ4v) is 3.61. The van der Waals surface area contributed by atoms with Gasteiger partial charge in [-0.15, -0.1) is 0 Å². The van der Waals surface area contributed by atoms with Crippen molar-refractivity contribution in [3.05, 3.63) is 33.7 Å². The number of hydrogen-bond acceptors (Lipinski definition) is 6. The summed E-state index contributed by atoms with van der Waals surface area (Å²) in [6.07, 6.45) is 1.93. The Morgan fingerprint density at radius 3 is 2.57 bits per heavy atom. The van der Waals surface area contributed by atoms with E-state index in [-0.39, 0.29) is 24.6 Å². The standard InChI is InChI=1S/C16H17NO4S2/c1-9-6-11(7-10(2)14(9)20)8-12-15(21)17(16(22)23-12)5-3-4-13(18)19/h6-8,20H,3-5H2,1-2H3,(H,18,19)/p-1/b12-8-. The van der Waals surface area contributed by atoms with Crippen molar-refractivity contribution in [2.75, 3.05) is 6.54 Å². The van der Waals surface area contributed by atoms with Crippen LogP contribution in [0.25, 0.3) is 6.08 Å². The Balaban J connectivity index is 2.17. The van der Waals surface area contributed by atoms with Gasteiger partial charge in [-0.1, -0.05) is 24.0 Å². The number of phenolic OH excluding ortho intramolecular Hbond substituents is 1. The number of amides is 1. The number of carboxylic acids is 1. The van der Waals surface area contributed by atoms with Gasteiger partial charge in [0.05, 0.1) is 4.91 Å². The predicted molar refractivity (Wildman–Crippen MR) is 91.7 cm³/mol. The molecule has 1 fully saturated rings. The minimum Gasteiger partial charge on any atom is -0.550 e. The first-order valence-electron chi connectivity index (χ1n) is 7.05. The molecule has 1 aliphatic heterocycles. The summed E-state index contributed by atoms with van der Waals surface area (Å²) < 4.78 is 0.423. The lowest BCUT2D eigenvalue weighted by molar-refractivity contribution is -0.305. The van der Waals surface area contributed by atoms with Crippen LogP contribution >= 0.6 is 24.0 Å². The number of carbonyl (C=O) groups excluding carboxylic acids is 2. The summed E-state index contributed by atoms with van der Waals surface area (Å²) in [7, 11) is 0. The maximum atomic E-state index is 12.4. The molecular formula is C16H16NO4S2-. The average molecular weight is 350 g/mol.